The van der Waals surface area contributed by atoms with Gasteiger partial charge in [0.25, 0.3) is 21.6 Å². The van der Waals surface area contributed by atoms with Gasteiger partial charge in [0.15, 0.2) is 0 Å². The number of ether oxygens (including phenoxy) is 1. The molecule has 9 nitrogen and oxygen atoms in total. The number of nitrogens with zero attached hydrogens (tertiary/aromatic N) is 1. The summed E-state index contributed by atoms with van der Waals surface area (Å²) in [6.07, 6.45) is 0.0937. The van der Waals surface area contributed by atoms with Gasteiger partial charge in [-0.25, -0.2) is 8.42 Å². The number of non-ortho nitro benzene ring substituents is 1. The van der Waals surface area contributed by atoms with Crippen molar-refractivity contribution in [1.29, 1.82) is 0 Å². The highest BCUT2D eigenvalue weighted by Crippen LogP contribution is 2.21. The maximum Gasteiger partial charge on any atom is 0.270 e. The Labute approximate surface area is 191 Å². The molecule has 2 N–H and O–H groups in total. The second kappa shape index (κ2) is 10.2. The van der Waals surface area contributed by atoms with E-state index < -0.39 is 14.9 Å². The van der Waals surface area contributed by atoms with Crippen molar-refractivity contribution in [2.75, 3.05) is 10.0 Å². The van der Waals surface area contributed by atoms with Crippen molar-refractivity contribution >= 4 is 33.0 Å². The molecule has 0 saturated carbocycles. The molecule has 10 heteroatoms. The lowest BCUT2D eigenvalue weighted by Gasteiger charge is -2.11. The quantitative estimate of drug-likeness (QED) is 0.349. The lowest BCUT2D eigenvalue weighted by atomic mass is 10.1. The normalized spacial score (nSPS) is 11.2. The lowest BCUT2D eigenvalue weighted by molar-refractivity contribution is -0.385. The number of hydrogen-bond acceptors (Lipinski definition) is 6. The van der Waals surface area contributed by atoms with E-state index in [2.05, 4.69) is 10.0 Å². The van der Waals surface area contributed by atoms with Gasteiger partial charge in [0.2, 0.25) is 0 Å². The SMILES string of the molecule is CC(C)OCc1cccc(NC(=O)c2ccc(NS(=O)(=O)c3cccc([N+](=O)[O-])c3)cc2)c1. The van der Waals surface area contributed by atoms with E-state index in [0.29, 0.717) is 17.9 Å². The third kappa shape index (κ3) is 6.61. The Balaban J connectivity index is 1.67. The summed E-state index contributed by atoms with van der Waals surface area (Å²) in [6, 6.07) is 17.9. The van der Waals surface area contributed by atoms with Crippen LogP contribution >= 0.6 is 0 Å². The van der Waals surface area contributed by atoms with Crippen LogP contribution in [-0.2, 0) is 21.4 Å². The van der Waals surface area contributed by atoms with E-state index in [1.54, 1.807) is 6.07 Å². The van der Waals surface area contributed by atoms with Crippen molar-refractivity contribution in [3.63, 3.8) is 0 Å². The number of rotatable bonds is 9. The number of amides is 1. The highest BCUT2D eigenvalue weighted by Gasteiger charge is 2.18. The highest BCUT2D eigenvalue weighted by molar-refractivity contribution is 7.92. The smallest absolute Gasteiger partial charge is 0.270 e. The van der Waals surface area contributed by atoms with Crippen molar-refractivity contribution in [2.24, 2.45) is 0 Å². The molecular weight excluding hydrogens is 446 g/mol. The van der Waals surface area contributed by atoms with Crippen LogP contribution in [0.1, 0.15) is 29.8 Å². The number of benzene rings is 3. The first-order chi connectivity index (χ1) is 15.6. The minimum atomic E-state index is -4.03. The first-order valence-corrected chi connectivity index (χ1v) is 11.5. The fourth-order valence-corrected chi connectivity index (χ4v) is 3.97. The molecule has 33 heavy (non-hydrogen) atoms. The Kier molecular flexibility index (Phi) is 7.41. The topological polar surface area (TPSA) is 128 Å². The minimum Gasteiger partial charge on any atom is -0.374 e. The standard InChI is InChI=1S/C23H23N3O6S/c1-16(2)32-15-17-5-3-6-20(13-17)24-23(27)18-9-11-19(12-10-18)25-33(30,31)22-8-4-7-21(14-22)26(28)29/h3-14,16,25H,15H2,1-2H3,(H,24,27). The van der Waals surface area contributed by atoms with E-state index in [0.717, 1.165) is 11.6 Å². The van der Waals surface area contributed by atoms with Gasteiger partial charge in [0.1, 0.15) is 0 Å². The molecule has 0 aliphatic heterocycles. The van der Waals surface area contributed by atoms with E-state index in [4.69, 9.17) is 4.74 Å². The number of carbonyl (C=O) groups is 1. The summed E-state index contributed by atoms with van der Waals surface area (Å²) in [5.74, 6) is -0.356. The number of nitro groups is 1. The molecule has 1 amide bonds. The van der Waals surface area contributed by atoms with E-state index in [-0.39, 0.29) is 28.3 Å². The predicted octanol–water partition coefficient (Wildman–Crippen LogP) is 4.57. The summed E-state index contributed by atoms with van der Waals surface area (Å²) in [6.45, 7) is 4.32. The highest BCUT2D eigenvalue weighted by atomic mass is 32.2. The molecule has 0 unspecified atom stereocenters. The predicted molar refractivity (Wildman–Crippen MR) is 125 cm³/mol. The van der Waals surface area contributed by atoms with Crippen LogP contribution in [-0.4, -0.2) is 25.4 Å². The summed E-state index contributed by atoms with van der Waals surface area (Å²) in [4.78, 5) is 22.6. The molecule has 3 aromatic rings. The average Bonchev–Trinajstić information content (AvgIpc) is 2.78. The molecule has 0 aromatic heterocycles. The molecule has 0 heterocycles. The van der Waals surface area contributed by atoms with Crippen LogP contribution in [0.4, 0.5) is 17.1 Å². The van der Waals surface area contributed by atoms with Crippen LogP contribution in [0.5, 0.6) is 0 Å². The largest absolute Gasteiger partial charge is 0.374 e. The van der Waals surface area contributed by atoms with Crippen molar-refractivity contribution < 1.29 is 22.9 Å². The third-order valence-corrected chi connectivity index (χ3v) is 5.89. The molecular formula is C23H23N3O6S. The van der Waals surface area contributed by atoms with Crippen LogP contribution < -0.4 is 10.0 Å². The van der Waals surface area contributed by atoms with E-state index >= 15 is 0 Å². The average molecular weight is 470 g/mol. The second-order valence-electron chi connectivity index (χ2n) is 7.45. The van der Waals surface area contributed by atoms with E-state index in [1.165, 1.54) is 42.5 Å². The maximum absolute atomic E-state index is 12.6. The summed E-state index contributed by atoms with van der Waals surface area (Å²) in [5, 5.41) is 13.7. The molecule has 0 aliphatic rings. The maximum atomic E-state index is 12.6. The Morgan fingerprint density at radius 1 is 1.00 bits per heavy atom. The summed E-state index contributed by atoms with van der Waals surface area (Å²) in [5.41, 5.74) is 1.75. The molecule has 0 fully saturated rings. The molecule has 0 radical (unpaired) electrons. The molecule has 3 aromatic carbocycles. The fourth-order valence-electron chi connectivity index (χ4n) is 2.87. The zero-order chi connectivity index (χ0) is 24.0. The van der Waals surface area contributed by atoms with Gasteiger partial charge in [-0.2, -0.15) is 0 Å². The zero-order valence-corrected chi connectivity index (χ0v) is 18.8. The lowest BCUT2D eigenvalue weighted by Crippen LogP contribution is -2.14. The summed E-state index contributed by atoms with van der Waals surface area (Å²) < 4.78 is 33.0. The second-order valence-corrected chi connectivity index (χ2v) is 9.13. The van der Waals surface area contributed by atoms with E-state index in [1.807, 2.05) is 32.0 Å². The van der Waals surface area contributed by atoms with Crippen LogP contribution in [0.2, 0.25) is 0 Å². The van der Waals surface area contributed by atoms with Crippen molar-refractivity contribution in [2.45, 2.75) is 31.5 Å². The number of anilines is 2. The number of hydrogen-bond donors (Lipinski definition) is 2. The molecule has 0 aliphatic carbocycles. The number of nitrogens with one attached hydrogen (secondary N) is 2. The Morgan fingerprint density at radius 3 is 2.36 bits per heavy atom. The van der Waals surface area contributed by atoms with Crippen molar-refractivity contribution in [3.8, 4) is 0 Å². The number of sulfonamides is 1. The summed E-state index contributed by atoms with van der Waals surface area (Å²) >= 11 is 0. The van der Waals surface area contributed by atoms with Gasteiger partial charge in [0.05, 0.1) is 22.5 Å². The number of carbonyl (C=O) groups excluding carboxylic acids is 1. The first kappa shape index (κ1) is 23.9. The molecule has 0 bridgehead atoms. The Bertz CT molecular complexity index is 1260. The number of nitro benzene ring substituents is 1. The molecule has 0 atom stereocenters. The monoisotopic (exact) mass is 469 g/mol. The van der Waals surface area contributed by atoms with Crippen molar-refractivity contribution in [3.05, 3.63) is 94.0 Å². The van der Waals surface area contributed by atoms with E-state index in [9.17, 15) is 23.3 Å². The zero-order valence-electron chi connectivity index (χ0n) is 18.0. The fraction of sp³-hybridized carbons (Fsp3) is 0.174. The van der Waals surface area contributed by atoms with Gasteiger partial charge in [-0.05, 0) is 61.9 Å². The van der Waals surface area contributed by atoms with Crippen molar-refractivity contribution in [1.82, 2.24) is 0 Å². The first-order valence-electron chi connectivity index (χ1n) is 10.0. The molecule has 0 saturated heterocycles. The Morgan fingerprint density at radius 2 is 1.70 bits per heavy atom. The molecule has 3 rings (SSSR count). The van der Waals surface area contributed by atoms with Gasteiger partial charge in [-0.15, -0.1) is 0 Å². The van der Waals surface area contributed by atoms with Gasteiger partial charge in [-0.1, -0.05) is 18.2 Å². The summed E-state index contributed by atoms with van der Waals surface area (Å²) in [7, 11) is -4.03. The van der Waals surface area contributed by atoms with Crippen LogP contribution in [0.3, 0.4) is 0 Å². The minimum absolute atomic E-state index is 0.0937. The molecule has 0 spiro atoms. The Hall–Kier alpha value is -3.76. The third-order valence-electron chi connectivity index (χ3n) is 4.51. The van der Waals surface area contributed by atoms with Crippen LogP contribution in [0.15, 0.2) is 77.7 Å². The van der Waals surface area contributed by atoms with Gasteiger partial charge >= 0.3 is 0 Å². The van der Waals surface area contributed by atoms with Crippen LogP contribution in [0.25, 0.3) is 0 Å². The van der Waals surface area contributed by atoms with Crippen LogP contribution in [0, 0.1) is 10.1 Å². The van der Waals surface area contributed by atoms with Gasteiger partial charge in [-0.3, -0.25) is 19.6 Å². The van der Waals surface area contributed by atoms with Gasteiger partial charge in [0, 0.05) is 29.1 Å². The molecule has 172 valence electrons. The van der Waals surface area contributed by atoms with Gasteiger partial charge < -0.3 is 10.1 Å².